The predicted octanol–water partition coefficient (Wildman–Crippen LogP) is 2.36. The van der Waals surface area contributed by atoms with Crippen molar-refractivity contribution in [2.75, 3.05) is 51.8 Å². The fourth-order valence-electron chi connectivity index (χ4n) is 2.86. The number of morpholine rings is 1. The maximum atomic E-state index is 13.4. The van der Waals surface area contributed by atoms with E-state index in [-0.39, 0.29) is 5.56 Å². The topological polar surface area (TPSA) is 75.2 Å². The molecule has 0 radical (unpaired) electrons. The summed E-state index contributed by atoms with van der Waals surface area (Å²) in [6, 6.07) is 12.8. The molecule has 1 fully saturated rings. The van der Waals surface area contributed by atoms with Gasteiger partial charge < -0.3 is 14.8 Å². The van der Waals surface area contributed by atoms with Gasteiger partial charge in [0.1, 0.15) is 11.6 Å². The maximum Gasteiger partial charge on any atom is 0.258 e. The van der Waals surface area contributed by atoms with Gasteiger partial charge in [-0.05, 0) is 42.5 Å². The third-order valence-electron chi connectivity index (χ3n) is 4.46. The van der Waals surface area contributed by atoms with Crippen LogP contribution < -0.4 is 15.4 Å². The highest BCUT2D eigenvalue weighted by atomic mass is 19.1. The molecule has 1 saturated heterocycles. The van der Waals surface area contributed by atoms with Crippen molar-refractivity contribution in [3.63, 3.8) is 0 Å². The highest BCUT2D eigenvalue weighted by Gasteiger charge is 2.12. The zero-order valence-electron chi connectivity index (χ0n) is 16.4. The maximum absolute atomic E-state index is 13.4. The number of methoxy groups -OCH3 is 1. The Morgan fingerprint density at radius 3 is 2.66 bits per heavy atom. The van der Waals surface area contributed by atoms with Crippen LogP contribution in [-0.4, -0.2) is 63.3 Å². The number of nitrogens with zero attached hydrogens (tertiary/aromatic N) is 2. The largest absolute Gasteiger partial charge is 0.497 e. The molecular formula is C21H25FN4O3. The lowest BCUT2D eigenvalue weighted by Gasteiger charge is -2.25. The lowest BCUT2D eigenvalue weighted by atomic mass is 10.2. The first kappa shape index (κ1) is 20.8. The third kappa shape index (κ3) is 6.55. The van der Waals surface area contributed by atoms with E-state index in [9.17, 15) is 9.18 Å². The second kappa shape index (κ2) is 10.5. The molecule has 0 bridgehead atoms. The second-order valence-corrected chi connectivity index (χ2v) is 6.50. The number of ether oxygens (including phenoxy) is 2. The summed E-state index contributed by atoms with van der Waals surface area (Å²) in [6.07, 6.45) is 0. The van der Waals surface area contributed by atoms with E-state index in [1.54, 1.807) is 13.2 Å². The van der Waals surface area contributed by atoms with Gasteiger partial charge in [0, 0.05) is 30.9 Å². The van der Waals surface area contributed by atoms with Gasteiger partial charge in [-0.2, -0.15) is 0 Å². The molecule has 0 aliphatic carbocycles. The fraction of sp³-hybridized carbons (Fsp3) is 0.333. The Labute approximate surface area is 169 Å². The second-order valence-electron chi connectivity index (χ2n) is 6.50. The minimum atomic E-state index is -0.466. The average molecular weight is 400 g/mol. The molecule has 29 heavy (non-hydrogen) atoms. The Morgan fingerprint density at radius 1 is 1.21 bits per heavy atom. The number of rotatable bonds is 6. The monoisotopic (exact) mass is 400 g/mol. The van der Waals surface area contributed by atoms with E-state index in [0.29, 0.717) is 12.5 Å². The van der Waals surface area contributed by atoms with Crippen LogP contribution in [0.3, 0.4) is 0 Å². The summed E-state index contributed by atoms with van der Waals surface area (Å²) >= 11 is 0. The highest BCUT2D eigenvalue weighted by molar-refractivity contribution is 6.09. The van der Waals surface area contributed by atoms with Gasteiger partial charge in [0.25, 0.3) is 5.91 Å². The van der Waals surface area contributed by atoms with Crippen molar-refractivity contribution in [1.29, 1.82) is 0 Å². The van der Waals surface area contributed by atoms with Gasteiger partial charge in [0.05, 0.1) is 26.9 Å². The summed E-state index contributed by atoms with van der Waals surface area (Å²) < 4.78 is 23.9. The zero-order valence-corrected chi connectivity index (χ0v) is 16.4. The molecule has 0 aromatic heterocycles. The smallest absolute Gasteiger partial charge is 0.258 e. The Morgan fingerprint density at radius 2 is 1.97 bits per heavy atom. The van der Waals surface area contributed by atoms with Crippen LogP contribution in [0.1, 0.15) is 10.4 Å². The number of anilines is 1. The van der Waals surface area contributed by atoms with Crippen molar-refractivity contribution in [3.05, 3.63) is 59.9 Å². The average Bonchev–Trinajstić information content (AvgIpc) is 2.75. The van der Waals surface area contributed by atoms with E-state index in [1.165, 1.54) is 18.2 Å². The summed E-state index contributed by atoms with van der Waals surface area (Å²) in [6.45, 7) is 4.43. The van der Waals surface area contributed by atoms with Crippen LogP contribution in [-0.2, 0) is 4.74 Å². The molecule has 2 aromatic rings. The number of aliphatic imine (C=N–C) groups is 1. The normalized spacial score (nSPS) is 15.0. The Balaban J connectivity index is 1.68. The first-order chi connectivity index (χ1) is 14.1. The predicted molar refractivity (Wildman–Crippen MR) is 110 cm³/mol. The van der Waals surface area contributed by atoms with Crippen LogP contribution in [0.5, 0.6) is 5.75 Å². The first-order valence-electron chi connectivity index (χ1n) is 9.46. The van der Waals surface area contributed by atoms with Gasteiger partial charge in [-0.15, -0.1) is 0 Å². The van der Waals surface area contributed by atoms with Crippen molar-refractivity contribution >= 4 is 17.6 Å². The highest BCUT2D eigenvalue weighted by Crippen LogP contribution is 2.15. The summed E-state index contributed by atoms with van der Waals surface area (Å²) in [5.41, 5.74) is 0.970. The molecule has 1 heterocycles. The molecule has 1 aliphatic heterocycles. The summed E-state index contributed by atoms with van der Waals surface area (Å²) in [4.78, 5) is 19.3. The SMILES string of the molecule is COc1ccc(NC(=NCCN2CCOCC2)NC(=O)c2cccc(F)c2)cc1. The number of carbonyl (C=O) groups excluding carboxylic acids is 1. The molecule has 0 unspecified atom stereocenters. The standard InChI is InChI=1S/C21H25FN4O3/c1-28-19-7-5-18(6-8-19)24-21(23-9-10-26-11-13-29-14-12-26)25-20(27)16-3-2-4-17(22)15-16/h2-8,15H,9-14H2,1H3,(H2,23,24,25,27). The Kier molecular flexibility index (Phi) is 7.54. The molecule has 1 aliphatic rings. The van der Waals surface area contributed by atoms with E-state index < -0.39 is 11.7 Å². The van der Waals surface area contributed by atoms with Crippen molar-refractivity contribution in [2.45, 2.75) is 0 Å². The first-order valence-corrected chi connectivity index (χ1v) is 9.46. The molecule has 2 aromatic carbocycles. The number of nitrogens with one attached hydrogen (secondary N) is 2. The minimum absolute atomic E-state index is 0.224. The molecule has 1 amide bonds. The number of guanidine groups is 1. The minimum Gasteiger partial charge on any atom is -0.497 e. The van der Waals surface area contributed by atoms with Crippen LogP contribution in [0.4, 0.5) is 10.1 Å². The van der Waals surface area contributed by atoms with Gasteiger partial charge in [0.15, 0.2) is 0 Å². The van der Waals surface area contributed by atoms with Crippen LogP contribution >= 0.6 is 0 Å². The van der Waals surface area contributed by atoms with Gasteiger partial charge in [-0.1, -0.05) is 6.07 Å². The molecule has 0 spiro atoms. The number of hydrogen-bond acceptors (Lipinski definition) is 5. The van der Waals surface area contributed by atoms with Crippen molar-refractivity contribution in [3.8, 4) is 5.75 Å². The van der Waals surface area contributed by atoms with E-state index in [4.69, 9.17) is 9.47 Å². The summed E-state index contributed by atoms with van der Waals surface area (Å²) in [7, 11) is 1.60. The third-order valence-corrected chi connectivity index (χ3v) is 4.46. The lowest BCUT2D eigenvalue weighted by Crippen LogP contribution is -2.39. The number of benzene rings is 2. The number of amides is 1. The van der Waals surface area contributed by atoms with E-state index >= 15 is 0 Å². The fourth-order valence-corrected chi connectivity index (χ4v) is 2.86. The van der Waals surface area contributed by atoms with E-state index in [0.717, 1.165) is 44.3 Å². The lowest BCUT2D eigenvalue weighted by molar-refractivity contribution is 0.0394. The van der Waals surface area contributed by atoms with Crippen molar-refractivity contribution < 1.29 is 18.7 Å². The quantitative estimate of drug-likeness (QED) is 0.575. The van der Waals surface area contributed by atoms with Gasteiger partial charge in [0.2, 0.25) is 5.96 Å². The van der Waals surface area contributed by atoms with Crippen LogP contribution in [0.25, 0.3) is 0 Å². The summed E-state index contributed by atoms with van der Waals surface area (Å²) in [5, 5.41) is 5.84. The molecule has 7 nitrogen and oxygen atoms in total. The summed E-state index contributed by atoms with van der Waals surface area (Å²) in [5.74, 6) is 0.130. The van der Waals surface area contributed by atoms with E-state index in [1.807, 2.05) is 24.3 Å². The van der Waals surface area contributed by atoms with Gasteiger partial charge in [-0.25, -0.2) is 4.39 Å². The van der Waals surface area contributed by atoms with E-state index in [2.05, 4.69) is 20.5 Å². The van der Waals surface area contributed by atoms with Crippen LogP contribution in [0.2, 0.25) is 0 Å². The van der Waals surface area contributed by atoms with Crippen molar-refractivity contribution in [2.24, 2.45) is 4.99 Å². The van der Waals surface area contributed by atoms with Crippen molar-refractivity contribution in [1.82, 2.24) is 10.2 Å². The molecule has 0 atom stereocenters. The Hall–Kier alpha value is -2.97. The number of carbonyl (C=O) groups is 1. The molecule has 2 N–H and O–H groups in total. The van der Waals surface area contributed by atoms with Crippen LogP contribution in [0.15, 0.2) is 53.5 Å². The molecule has 154 valence electrons. The Bertz CT molecular complexity index is 836. The van der Waals surface area contributed by atoms with Crippen LogP contribution in [0, 0.1) is 5.82 Å². The van der Waals surface area contributed by atoms with Gasteiger partial charge >= 0.3 is 0 Å². The number of hydrogen-bond donors (Lipinski definition) is 2. The zero-order chi connectivity index (χ0) is 20.5. The molecule has 3 rings (SSSR count). The molecule has 0 saturated carbocycles. The molecule has 8 heteroatoms. The van der Waals surface area contributed by atoms with Gasteiger partial charge in [-0.3, -0.25) is 20.0 Å². The number of halogens is 1. The molecular weight excluding hydrogens is 375 g/mol.